The molecule has 0 aliphatic carbocycles. The molecular formula is C29H33Cl2N3O4S. The van der Waals surface area contributed by atoms with Crippen molar-refractivity contribution in [1.82, 2.24) is 10.2 Å². The van der Waals surface area contributed by atoms with Gasteiger partial charge in [-0.3, -0.25) is 13.9 Å². The lowest BCUT2D eigenvalue weighted by atomic mass is 10.1. The standard InChI is InChI=1S/C29H33Cl2N3O4S/c1-4-21(2)32-29(36)22(3)33(16-15-23-11-7-5-8-12-23)28(35)20-34(26-18-24(30)17-25(31)19-26)39(37,38)27-13-9-6-10-14-27/h5-14,17-19,21-22H,4,15-16,20H2,1-3H3,(H,32,36)/t21-,22+/m1/s1. The van der Waals surface area contributed by atoms with E-state index in [2.05, 4.69) is 5.32 Å². The molecule has 2 amide bonds. The van der Waals surface area contributed by atoms with Crippen molar-refractivity contribution in [3.63, 3.8) is 0 Å². The molecule has 3 aromatic carbocycles. The minimum atomic E-state index is -4.18. The van der Waals surface area contributed by atoms with Crippen LogP contribution in [0, 0.1) is 0 Å². The fourth-order valence-corrected chi connectivity index (χ4v) is 5.90. The molecule has 0 spiro atoms. The van der Waals surface area contributed by atoms with Crippen LogP contribution in [0.3, 0.4) is 0 Å². The second kappa shape index (κ2) is 13.8. The molecule has 0 unspecified atom stereocenters. The lowest BCUT2D eigenvalue weighted by Crippen LogP contribution is -2.53. The van der Waals surface area contributed by atoms with E-state index in [0.717, 1.165) is 16.3 Å². The average Bonchev–Trinajstić information content (AvgIpc) is 2.92. The number of anilines is 1. The summed E-state index contributed by atoms with van der Waals surface area (Å²) in [5.74, 6) is -0.845. The van der Waals surface area contributed by atoms with Gasteiger partial charge in [0.25, 0.3) is 10.0 Å². The second-order valence-electron chi connectivity index (χ2n) is 9.27. The molecule has 0 radical (unpaired) electrons. The van der Waals surface area contributed by atoms with Gasteiger partial charge < -0.3 is 10.2 Å². The van der Waals surface area contributed by atoms with Crippen molar-refractivity contribution in [3.05, 3.63) is 94.5 Å². The van der Waals surface area contributed by atoms with E-state index in [9.17, 15) is 18.0 Å². The van der Waals surface area contributed by atoms with E-state index in [1.807, 2.05) is 44.2 Å². The van der Waals surface area contributed by atoms with Gasteiger partial charge in [0.15, 0.2) is 0 Å². The van der Waals surface area contributed by atoms with Crippen LogP contribution >= 0.6 is 23.2 Å². The van der Waals surface area contributed by atoms with Gasteiger partial charge in [-0.05, 0) is 62.6 Å². The highest BCUT2D eigenvalue weighted by molar-refractivity contribution is 7.92. The van der Waals surface area contributed by atoms with Crippen molar-refractivity contribution in [1.29, 1.82) is 0 Å². The van der Waals surface area contributed by atoms with Crippen LogP contribution in [-0.2, 0) is 26.0 Å². The minimum Gasteiger partial charge on any atom is -0.352 e. The molecule has 0 fully saturated rings. The van der Waals surface area contributed by atoms with E-state index >= 15 is 0 Å². The zero-order valence-electron chi connectivity index (χ0n) is 22.2. The SMILES string of the molecule is CC[C@@H](C)NC(=O)[C@H](C)N(CCc1ccccc1)C(=O)CN(c1cc(Cl)cc(Cl)c1)S(=O)(=O)c1ccccc1. The minimum absolute atomic E-state index is 0.00676. The maximum absolute atomic E-state index is 13.9. The number of benzene rings is 3. The molecule has 10 heteroatoms. The Morgan fingerprint density at radius 1 is 0.897 bits per heavy atom. The summed E-state index contributed by atoms with van der Waals surface area (Å²) in [5, 5.41) is 3.36. The van der Waals surface area contributed by atoms with Crippen LogP contribution in [0.2, 0.25) is 10.0 Å². The monoisotopic (exact) mass is 589 g/mol. The molecule has 1 N–H and O–H groups in total. The summed E-state index contributed by atoms with van der Waals surface area (Å²) in [6.45, 7) is 5.15. The predicted molar refractivity (Wildman–Crippen MR) is 157 cm³/mol. The third-order valence-electron chi connectivity index (χ3n) is 6.40. The Hall–Kier alpha value is -3.07. The van der Waals surface area contributed by atoms with Crippen LogP contribution in [-0.4, -0.2) is 50.3 Å². The first kappa shape index (κ1) is 30.5. The number of hydrogen-bond acceptors (Lipinski definition) is 4. The van der Waals surface area contributed by atoms with Crippen molar-refractivity contribution in [2.24, 2.45) is 0 Å². The number of sulfonamides is 1. The maximum atomic E-state index is 13.9. The fourth-order valence-electron chi connectivity index (χ4n) is 3.97. The highest BCUT2D eigenvalue weighted by atomic mass is 35.5. The Bertz CT molecular complexity index is 1350. The second-order valence-corrected chi connectivity index (χ2v) is 12.0. The normalized spacial score (nSPS) is 12.8. The summed E-state index contributed by atoms with van der Waals surface area (Å²) in [5.41, 5.74) is 1.13. The maximum Gasteiger partial charge on any atom is 0.264 e. The van der Waals surface area contributed by atoms with Crippen molar-refractivity contribution in [2.75, 3.05) is 17.4 Å². The number of amides is 2. The van der Waals surface area contributed by atoms with Crippen LogP contribution in [0.5, 0.6) is 0 Å². The molecule has 0 aliphatic heterocycles. The summed E-state index contributed by atoms with van der Waals surface area (Å²) in [6, 6.07) is 20.8. The van der Waals surface area contributed by atoms with E-state index < -0.39 is 28.5 Å². The quantitative estimate of drug-likeness (QED) is 0.299. The number of rotatable bonds is 12. The number of halogens is 2. The Labute approximate surface area is 240 Å². The molecule has 0 saturated carbocycles. The summed E-state index contributed by atoms with van der Waals surface area (Å²) in [4.78, 5) is 28.4. The van der Waals surface area contributed by atoms with Gasteiger partial charge in [0.05, 0.1) is 10.6 Å². The zero-order valence-corrected chi connectivity index (χ0v) is 24.5. The van der Waals surface area contributed by atoms with Crippen molar-refractivity contribution in [2.45, 2.75) is 50.6 Å². The van der Waals surface area contributed by atoms with Gasteiger partial charge in [0, 0.05) is 22.6 Å². The molecule has 0 bridgehead atoms. The lowest BCUT2D eigenvalue weighted by molar-refractivity contribution is -0.139. The molecule has 2 atom stereocenters. The Balaban J connectivity index is 1.99. The van der Waals surface area contributed by atoms with E-state index in [0.29, 0.717) is 6.42 Å². The van der Waals surface area contributed by atoms with Gasteiger partial charge in [-0.1, -0.05) is 78.7 Å². The van der Waals surface area contributed by atoms with Crippen molar-refractivity contribution in [3.8, 4) is 0 Å². The van der Waals surface area contributed by atoms with Crippen molar-refractivity contribution < 1.29 is 18.0 Å². The van der Waals surface area contributed by atoms with Gasteiger partial charge >= 0.3 is 0 Å². The van der Waals surface area contributed by atoms with Crippen LogP contribution in [0.1, 0.15) is 32.8 Å². The molecule has 0 heterocycles. The lowest BCUT2D eigenvalue weighted by Gasteiger charge is -2.32. The summed E-state index contributed by atoms with van der Waals surface area (Å²) in [6.07, 6.45) is 1.22. The summed E-state index contributed by atoms with van der Waals surface area (Å²) in [7, 11) is -4.18. The summed E-state index contributed by atoms with van der Waals surface area (Å²) >= 11 is 12.4. The number of carbonyl (C=O) groups excluding carboxylic acids is 2. The highest BCUT2D eigenvalue weighted by Crippen LogP contribution is 2.30. The largest absolute Gasteiger partial charge is 0.352 e. The third-order valence-corrected chi connectivity index (χ3v) is 8.62. The van der Waals surface area contributed by atoms with Gasteiger partial charge in [-0.15, -0.1) is 0 Å². The number of hydrogen-bond donors (Lipinski definition) is 1. The molecule has 3 aromatic rings. The zero-order chi connectivity index (χ0) is 28.6. The number of carbonyl (C=O) groups is 2. The first-order valence-corrected chi connectivity index (χ1v) is 14.9. The van der Waals surface area contributed by atoms with E-state index in [4.69, 9.17) is 23.2 Å². The molecule has 0 aromatic heterocycles. The van der Waals surface area contributed by atoms with Gasteiger partial charge in [0.2, 0.25) is 11.8 Å². The van der Waals surface area contributed by atoms with Crippen LogP contribution < -0.4 is 9.62 Å². The van der Waals surface area contributed by atoms with Gasteiger partial charge in [-0.2, -0.15) is 0 Å². The van der Waals surface area contributed by atoms with Crippen LogP contribution in [0.15, 0.2) is 83.8 Å². The Morgan fingerprint density at radius 3 is 2.03 bits per heavy atom. The first-order valence-electron chi connectivity index (χ1n) is 12.7. The molecule has 208 valence electrons. The molecule has 39 heavy (non-hydrogen) atoms. The van der Waals surface area contributed by atoms with E-state index in [-0.39, 0.29) is 39.1 Å². The summed E-state index contributed by atoms with van der Waals surface area (Å²) < 4.78 is 28.5. The first-order chi connectivity index (χ1) is 18.5. The fraction of sp³-hybridized carbons (Fsp3) is 0.310. The topological polar surface area (TPSA) is 86.8 Å². The third kappa shape index (κ3) is 8.21. The smallest absolute Gasteiger partial charge is 0.264 e. The van der Waals surface area contributed by atoms with E-state index in [1.165, 1.54) is 35.2 Å². The van der Waals surface area contributed by atoms with Crippen LogP contribution in [0.25, 0.3) is 0 Å². The molecular weight excluding hydrogens is 557 g/mol. The molecule has 7 nitrogen and oxygen atoms in total. The van der Waals surface area contributed by atoms with E-state index in [1.54, 1.807) is 25.1 Å². The number of nitrogens with one attached hydrogen (secondary N) is 1. The van der Waals surface area contributed by atoms with Crippen molar-refractivity contribution >= 4 is 50.7 Å². The van der Waals surface area contributed by atoms with Gasteiger partial charge in [-0.25, -0.2) is 8.42 Å². The Kier molecular flexibility index (Phi) is 10.8. The molecule has 0 aliphatic rings. The highest BCUT2D eigenvalue weighted by Gasteiger charge is 2.32. The van der Waals surface area contributed by atoms with Gasteiger partial charge in [0.1, 0.15) is 12.6 Å². The van der Waals surface area contributed by atoms with Crippen LogP contribution in [0.4, 0.5) is 5.69 Å². The average molecular weight is 591 g/mol. The molecule has 0 saturated heterocycles. The number of nitrogens with zero attached hydrogens (tertiary/aromatic N) is 2. The molecule has 3 rings (SSSR count). The predicted octanol–water partition coefficient (Wildman–Crippen LogP) is 5.56. The Morgan fingerprint density at radius 2 is 1.46 bits per heavy atom.